The summed E-state index contributed by atoms with van der Waals surface area (Å²) in [6.07, 6.45) is 5.19. The van der Waals surface area contributed by atoms with E-state index in [1.165, 1.54) is 6.20 Å². The molecular weight excluding hydrogens is 286 g/mol. The number of halogens is 1. The molecule has 0 spiro atoms. The van der Waals surface area contributed by atoms with Crippen molar-refractivity contribution in [1.82, 2.24) is 14.6 Å². The van der Waals surface area contributed by atoms with Gasteiger partial charge in [0.05, 0.1) is 11.0 Å². The average Bonchev–Trinajstić information content (AvgIpc) is 2.98. The Morgan fingerprint density at radius 2 is 2.10 bits per heavy atom. The molecule has 4 rings (SSSR count). The molecule has 0 atom stereocenters. The maximum atomic E-state index is 12.1. The molecule has 1 N–H and O–H groups in total. The Morgan fingerprint density at radius 1 is 1.19 bits per heavy atom. The number of pyridine rings is 2. The molecule has 0 aliphatic heterocycles. The summed E-state index contributed by atoms with van der Waals surface area (Å²) in [6.45, 7) is 0. The lowest BCUT2D eigenvalue weighted by atomic mass is 10.0. The summed E-state index contributed by atoms with van der Waals surface area (Å²) in [4.78, 5) is 15.2. The highest BCUT2D eigenvalue weighted by Gasteiger charge is 2.09. The van der Waals surface area contributed by atoms with E-state index >= 15 is 0 Å². The lowest BCUT2D eigenvalue weighted by molar-refractivity contribution is 0.962. The summed E-state index contributed by atoms with van der Waals surface area (Å²) >= 11 is 5.89. The third-order valence-electron chi connectivity index (χ3n) is 3.58. The van der Waals surface area contributed by atoms with E-state index in [-0.39, 0.29) is 10.5 Å². The Balaban J connectivity index is 2.05. The van der Waals surface area contributed by atoms with E-state index in [2.05, 4.69) is 10.1 Å². The van der Waals surface area contributed by atoms with Crippen molar-refractivity contribution >= 4 is 28.0 Å². The average molecular weight is 296 g/mol. The van der Waals surface area contributed by atoms with Crippen LogP contribution in [0.4, 0.5) is 0 Å². The quantitative estimate of drug-likeness (QED) is 0.584. The maximum absolute atomic E-state index is 12.1. The van der Waals surface area contributed by atoms with Crippen LogP contribution in [-0.4, -0.2) is 14.6 Å². The van der Waals surface area contributed by atoms with Crippen molar-refractivity contribution in [2.24, 2.45) is 0 Å². The van der Waals surface area contributed by atoms with Gasteiger partial charge in [-0.25, -0.2) is 4.52 Å². The largest absolute Gasteiger partial charge is 0.359 e. The van der Waals surface area contributed by atoms with Gasteiger partial charge in [0, 0.05) is 29.5 Å². The van der Waals surface area contributed by atoms with Crippen molar-refractivity contribution in [2.45, 2.75) is 0 Å². The maximum Gasteiger partial charge on any atom is 0.207 e. The summed E-state index contributed by atoms with van der Waals surface area (Å²) in [7, 11) is 0. The number of aromatic amines is 1. The van der Waals surface area contributed by atoms with Crippen LogP contribution in [0.15, 0.2) is 59.8 Å². The zero-order valence-corrected chi connectivity index (χ0v) is 11.6. The van der Waals surface area contributed by atoms with E-state index in [4.69, 9.17) is 11.6 Å². The van der Waals surface area contributed by atoms with Gasteiger partial charge in [-0.3, -0.25) is 4.79 Å². The molecule has 0 radical (unpaired) electrons. The number of nitrogens with zero attached hydrogens (tertiary/aromatic N) is 2. The van der Waals surface area contributed by atoms with Crippen molar-refractivity contribution in [3.8, 4) is 11.1 Å². The molecule has 0 aliphatic carbocycles. The molecule has 1 aromatic carbocycles. The molecule has 0 saturated carbocycles. The zero-order chi connectivity index (χ0) is 14.4. The first kappa shape index (κ1) is 12.2. The van der Waals surface area contributed by atoms with E-state index < -0.39 is 0 Å². The Morgan fingerprint density at radius 3 is 3.00 bits per heavy atom. The second-order valence-corrected chi connectivity index (χ2v) is 5.22. The van der Waals surface area contributed by atoms with E-state index in [0.29, 0.717) is 5.39 Å². The van der Waals surface area contributed by atoms with Crippen LogP contribution in [0.25, 0.3) is 27.5 Å². The van der Waals surface area contributed by atoms with Gasteiger partial charge in [0.1, 0.15) is 5.02 Å². The van der Waals surface area contributed by atoms with Crippen LogP contribution in [-0.2, 0) is 0 Å². The Hall–Kier alpha value is -2.59. The molecule has 102 valence electrons. The van der Waals surface area contributed by atoms with Gasteiger partial charge in [0.25, 0.3) is 0 Å². The van der Waals surface area contributed by atoms with Crippen LogP contribution in [0, 0.1) is 0 Å². The number of H-pyrrole nitrogens is 1. The number of hydrogen-bond acceptors (Lipinski definition) is 2. The molecule has 5 heteroatoms. The molecule has 0 fully saturated rings. The Bertz CT molecular complexity index is 1030. The predicted octanol–water partition coefficient (Wildman–Crippen LogP) is 3.50. The summed E-state index contributed by atoms with van der Waals surface area (Å²) < 4.78 is 1.80. The van der Waals surface area contributed by atoms with Crippen LogP contribution in [0.2, 0.25) is 5.02 Å². The second kappa shape index (κ2) is 4.46. The van der Waals surface area contributed by atoms with Crippen molar-refractivity contribution in [3.05, 3.63) is 70.2 Å². The fourth-order valence-corrected chi connectivity index (χ4v) is 2.71. The number of fused-ring (bicyclic) bond motifs is 2. The molecule has 0 aliphatic rings. The molecule has 0 amide bonds. The van der Waals surface area contributed by atoms with Crippen LogP contribution in [0.5, 0.6) is 0 Å². The number of para-hydroxylation sites is 1. The molecule has 0 unspecified atom stereocenters. The number of aromatic nitrogens is 3. The molecule has 0 bridgehead atoms. The predicted molar refractivity (Wildman–Crippen MR) is 83.8 cm³/mol. The first-order valence-electron chi connectivity index (χ1n) is 6.48. The summed E-state index contributed by atoms with van der Waals surface area (Å²) in [5, 5.41) is 4.97. The molecule has 0 saturated heterocycles. The highest BCUT2D eigenvalue weighted by Crippen LogP contribution is 2.27. The van der Waals surface area contributed by atoms with Gasteiger partial charge in [0.15, 0.2) is 0 Å². The highest BCUT2D eigenvalue weighted by atomic mass is 35.5. The molecular formula is C16H10ClN3O. The lowest BCUT2D eigenvalue weighted by Crippen LogP contribution is -2.03. The summed E-state index contributed by atoms with van der Waals surface area (Å²) in [6, 6.07) is 11.6. The van der Waals surface area contributed by atoms with Gasteiger partial charge < -0.3 is 4.98 Å². The number of nitrogens with one attached hydrogen (secondary N) is 1. The van der Waals surface area contributed by atoms with E-state index in [0.717, 1.165) is 22.2 Å². The zero-order valence-electron chi connectivity index (χ0n) is 10.9. The third kappa shape index (κ3) is 1.84. The Kier molecular flexibility index (Phi) is 2.59. The fourth-order valence-electron chi connectivity index (χ4n) is 2.56. The topological polar surface area (TPSA) is 50.2 Å². The number of rotatable bonds is 1. The highest BCUT2D eigenvalue weighted by molar-refractivity contribution is 6.31. The number of hydrogen-bond donors (Lipinski definition) is 1. The Labute approximate surface area is 124 Å². The molecule has 21 heavy (non-hydrogen) atoms. The first-order chi connectivity index (χ1) is 10.2. The minimum atomic E-state index is -0.155. The van der Waals surface area contributed by atoms with Gasteiger partial charge in [-0.05, 0) is 29.8 Å². The SMILES string of the molecule is O=c1c(Cl)c[nH]c2c(-c3ccn4nccc4c3)cccc12. The van der Waals surface area contributed by atoms with Crippen LogP contribution in [0.3, 0.4) is 0 Å². The third-order valence-corrected chi connectivity index (χ3v) is 3.86. The molecule has 4 nitrogen and oxygen atoms in total. The van der Waals surface area contributed by atoms with E-state index in [1.807, 2.05) is 36.5 Å². The molecule has 3 heterocycles. The molecule has 3 aromatic heterocycles. The van der Waals surface area contributed by atoms with Crippen LogP contribution in [0.1, 0.15) is 0 Å². The van der Waals surface area contributed by atoms with Gasteiger partial charge in [-0.1, -0.05) is 23.7 Å². The van der Waals surface area contributed by atoms with Gasteiger partial charge in [-0.15, -0.1) is 0 Å². The van der Waals surface area contributed by atoms with Crippen LogP contribution >= 0.6 is 11.6 Å². The standard InChI is InChI=1S/C16H10ClN3O/c17-14-9-18-15-12(2-1-3-13(15)16(14)21)10-5-7-20-11(8-10)4-6-19-20/h1-9H,(H,18,21). The monoisotopic (exact) mass is 295 g/mol. The van der Waals surface area contributed by atoms with Gasteiger partial charge in [0.2, 0.25) is 5.43 Å². The fraction of sp³-hybridized carbons (Fsp3) is 0. The van der Waals surface area contributed by atoms with Crippen molar-refractivity contribution < 1.29 is 0 Å². The van der Waals surface area contributed by atoms with Crippen molar-refractivity contribution in [3.63, 3.8) is 0 Å². The van der Waals surface area contributed by atoms with E-state index in [9.17, 15) is 4.79 Å². The van der Waals surface area contributed by atoms with Gasteiger partial charge >= 0.3 is 0 Å². The van der Waals surface area contributed by atoms with Crippen LogP contribution < -0.4 is 5.43 Å². The van der Waals surface area contributed by atoms with Crippen molar-refractivity contribution in [1.29, 1.82) is 0 Å². The molecule has 4 aromatic rings. The second-order valence-electron chi connectivity index (χ2n) is 4.81. The van der Waals surface area contributed by atoms with Gasteiger partial charge in [-0.2, -0.15) is 5.10 Å². The first-order valence-corrected chi connectivity index (χ1v) is 6.85. The van der Waals surface area contributed by atoms with E-state index in [1.54, 1.807) is 16.8 Å². The summed E-state index contributed by atoms with van der Waals surface area (Å²) in [5.41, 5.74) is 3.62. The lowest BCUT2D eigenvalue weighted by Gasteiger charge is -2.07. The van der Waals surface area contributed by atoms with Crippen molar-refractivity contribution in [2.75, 3.05) is 0 Å². The normalized spacial score (nSPS) is 11.3. The minimum absolute atomic E-state index is 0.155. The number of benzene rings is 1. The summed E-state index contributed by atoms with van der Waals surface area (Å²) in [5.74, 6) is 0. The minimum Gasteiger partial charge on any atom is -0.359 e. The smallest absolute Gasteiger partial charge is 0.207 e.